The van der Waals surface area contributed by atoms with Gasteiger partial charge in [0.15, 0.2) is 5.78 Å². The van der Waals surface area contributed by atoms with E-state index >= 15 is 0 Å². The van der Waals surface area contributed by atoms with Gasteiger partial charge < -0.3 is 0 Å². The number of Topliss-reactive ketones (excluding diaryl/α,β-unsaturated/α-hetero) is 1. The van der Waals surface area contributed by atoms with Crippen molar-refractivity contribution < 1.29 is 4.79 Å². The summed E-state index contributed by atoms with van der Waals surface area (Å²) in [5.41, 5.74) is 0.399. The quantitative estimate of drug-likeness (QED) is 0.636. The number of hydrogen-bond acceptors (Lipinski definition) is 1. The van der Waals surface area contributed by atoms with Gasteiger partial charge in [-0.15, -0.1) is 0 Å². The first-order chi connectivity index (χ1) is 5.13. The van der Waals surface area contributed by atoms with Crippen molar-refractivity contribution in [1.82, 2.24) is 0 Å². The molecule has 0 aliphatic heterocycles. The van der Waals surface area contributed by atoms with Crippen LogP contribution in [0.5, 0.6) is 0 Å². The molecule has 0 heterocycles. The molecule has 0 aliphatic carbocycles. The zero-order chi connectivity index (χ0) is 8.43. The van der Waals surface area contributed by atoms with Crippen molar-refractivity contribution in [3.05, 3.63) is 33.8 Å². The maximum absolute atomic E-state index is 10.9. The van der Waals surface area contributed by atoms with Crippen molar-refractivity contribution in [2.24, 2.45) is 0 Å². The highest BCUT2D eigenvalue weighted by molar-refractivity contribution is 6.39. The third kappa shape index (κ3) is 2.23. The molecule has 12 heavy (non-hydrogen) atoms. The lowest BCUT2D eigenvalue weighted by Gasteiger charge is -2.00. The summed E-state index contributed by atoms with van der Waals surface area (Å²) in [6.07, 6.45) is 0. The molecule has 0 aromatic heterocycles. The molecule has 0 saturated carbocycles. The van der Waals surface area contributed by atoms with Gasteiger partial charge in [-0.3, -0.25) is 4.79 Å². The third-order valence-corrected chi connectivity index (χ3v) is 1.94. The van der Waals surface area contributed by atoms with Crippen LogP contribution in [0, 0.1) is 0 Å². The lowest BCUT2D eigenvalue weighted by atomic mass is 10.1. The van der Waals surface area contributed by atoms with Gasteiger partial charge in [-0.05, 0) is 19.1 Å². The van der Waals surface area contributed by atoms with Crippen LogP contribution in [0.25, 0.3) is 0 Å². The summed E-state index contributed by atoms with van der Waals surface area (Å²) in [6, 6.07) is 4.99. The molecule has 0 fully saturated rings. The Labute approximate surface area is 82.3 Å². The van der Waals surface area contributed by atoms with Crippen LogP contribution in [-0.2, 0) is 0 Å². The van der Waals surface area contributed by atoms with Gasteiger partial charge in [0.1, 0.15) is 0 Å². The Bertz CT molecular complexity index is 274. The molecule has 0 aliphatic rings. The largest absolute Gasteiger partial charge is 0.294 e. The second kappa shape index (κ2) is 4.48. The van der Waals surface area contributed by atoms with Gasteiger partial charge in [0.05, 0.1) is 15.6 Å². The molecule has 1 aromatic rings. The van der Waals surface area contributed by atoms with Crippen molar-refractivity contribution >= 4 is 29.0 Å². The molecule has 0 bridgehead atoms. The molecule has 0 radical (unpaired) electrons. The van der Waals surface area contributed by atoms with Crippen molar-refractivity contribution in [1.29, 1.82) is 0 Å². The van der Waals surface area contributed by atoms with Gasteiger partial charge in [-0.1, -0.05) is 36.7 Å². The van der Waals surface area contributed by atoms with Crippen LogP contribution in [0.1, 0.15) is 24.7 Å². The monoisotopic (exact) mass is 204 g/mol. The Balaban J connectivity index is 0.00000121. The minimum Gasteiger partial charge on any atom is -0.294 e. The summed E-state index contributed by atoms with van der Waals surface area (Å²) in [5.74, 6) is -0.111. The molecule has 3 heteroatoms. The van der Waals surface area contributed by atoms with Gasteiger partial charge >= 0.3 is 0 Å². The molecule has 0 spiro atoms. The fourth-order valence-corrected chi connectivity index (χ4v) is 1.50. The van der Waals surface area contributed by atoms with Crippen LogP contribution in [0.4, 0.5) is 0 Å². The van der Waals surface area contributed by atoms with Crippen molar-refractivity contribution in [2.75, 3.05) is 0 Å². The minimum atomic E-state index is -0.111. The highest BCUT2D eigenvalue weighted by Crippen LogP contribution is 2.24. The summed E-state index contributed by atoms with van der Waals surface area (Å²) >= 11 is 11.4. The first kappa shape index (κ1) is 11.5. The van der Waals surface area contributed by atoms with E-state index in [9.17, 15) is 4.79 Å². The van der Waals surface area contributed by atoms with Crippen molar-refractivity contribution in [3.63, 3.8) is 0 Å². The Morgan fingerprint density at radius 2 is 1.67 bits per heavy atom. The van der Waals surface area contributed by atoms with Gasteiger partial charge in [-0.2, -0.15) is 0 Å². The number of carbonyl (C=O) groups is 1. The molecular formula is C9H10Cl2O. The van der Waals surface area contributed by atoms with E-state index in [-0.39, 0.29) is 13.2 Å². The minimum absolute atomic E-state index is 0. The fourth-order valence-electron chi connectivity index (χ4n) is 0.834. The van der Waals surface area contributed by atoms with E-state index in [1.54, 1.807) is 18.2 Å². The van der Waals surface area contributed by atoms with E-state index in [0.29, 0.717) is 15.6 Å². The van der Waals surface area contributed by atoms with Crippen molar-refractivity contribution in [2.45, 2.75) is 14.4 Å². The van der Waals surface area contributed by atoms with Gasteiger partial charge in [-0.25, -0.2) is 0 Å². The number of halogens is 2. The third-order valence-electron chi connectivity index (χ3n) is 1.31. The van der Waals surface area contributed by atoms with Crippen molar-refractivity contribution in [3.8, 4) is 0 Å². The van der Waals surface area contributed by atoms with E-state index in [2.05, 4.69) is 0 Å². The van der Waals surface area contributed by atoms with E-state index in [4.69, 9.17) is 23.2 Å². The molecule has 0 unspecified atom stereocenters. The highest BCUT2D eigenvalue weighted by Gasteiger charge is 2.08. The maximum atomic E-state index is 10.9. The molecule has 0 amide bonds. The Hall–Kier alpha value is -0.530. The van der Waals surface area contributed by atoms with Crippen LogP contribution in [0.3, 0.4) is 0 Å². The fraction of sp³-hybridized carbons (Fsp3) is 0.222. The van der Waals surface area contributed by atoms with Crippen LogP contribution >= 0.6 is 23.2 Å². The number of carbonyl (C=O) groups excluding carboxylic acids is 1. The van der Waals surface area contributed by atoms with Crippen LogP contribution < -0.4 is 0 Å². The standard InChI is InChI=1S/C8H6Cl2O.CH4/c1-5(11)8-6(9)3-2-4-7(8)10;/h2-4H,1H3;1H4. The molecule has 1 rings (SSSR count). The van der Waals surface area contributed by atoms with Gasteiger partial charge in [0, 0.05) is 0 Å². The smallest absolute Gasteiger partial charge is 0.162 e. The SMILES string of the molecule is C.CC(=O)c1c(Cl)cccc1Cl. The summed E-state index contributed by atoms with van der Waals surface area (Å²) in [5, 5.41) is 0.815. The van der Waals surface area contributed by atoms with Crippen LogP contribution in [0.15, 0.2) is 18.2 Å². The average molecular weight is 205 g/mol. The molecule has 0 N–H and O–H groups in total. The van der Waals surface area contributed by atoms with E-state index in [1.165, 1.54) is 6.92 Å². The van der Waals surface area contributed by atoms with E-state index in [0.717, 1.165) is 0 Å². The first-order valence-electron chi connectivity index (χ1n) is 3.08. The number of benzene rings is 1. The average Bonchev–Trinajstić information content (AvgIpc) is 1.85. The molecule has 0 saturated heterocycles. The summed E-state index contributed by atoms with van der Waals surface area (Å²) in [4.78, 5) is 10.9. The molecular weight excluding hydrogens is 195 g/mol. The second-order valence-electron chi connectivity index (χ2n) is 2.15. The summed E-state index contributed by atoms with van der Waals surface area (Å²) < 4.78 is 0. The lowest BCUT2D eigenvalue weighted by Crippen LogP contribution is -1.93. The predicted molar refractivity (Wildman–Crippen MR) is 53.2 cm³/mol. The molecule has 66 valence electrons. The second-order valence-corrected chi connectivity index (χ2v) is 2.97. The zero-order valence-electron chi connectivity index (χ0n) is 5.90. The summed E-state index contributed by atoms with van der Waals surface area (Å²) in [7, 11) is 0. The lowest BCUT2D eigenvalue weighted by molar-refractivity contribution is 0.101. The van der Waals surface area contributed by atoms with Gasteiger partial charge in [0.25, 0.3) is 0 Å². The Morgan fingerprint density at radius 1 is 1.25 bits per heavy atom. The first-order valence-corrected chi connectivity index (χ1v) is 3.83. The molecule has 0 atom stereocenters. The van der Waals surface area contributed by atoms with Gasteiger partial charge in [0.2, 0.25) is 0 Å². The Morgan fingerprint density at radius 3 is 1.92 bits per heavy atom. The topological polar surface area (TPSA) is 17.1 Å². The van der Waals surface area contributed by atoms with E-state index < -0.39 is 0 Å². The Kier molecular flexibility index (Phi) is 4.29. The van der Waals surface area contributed by atoms with Crippen LogP contribution in [0.2, 0.25) is 10.0 Å². The normalized spacial score (nSPS) is 8.92. The maximum Gasteiger partial charge on any atom is 0.162 e. The number of rotatable bonds is 1. The van der Waals surface area contributed by atoms with Crippen LogP contribution in [-0.4, -0.2) is 5.78 Å². The molecule has 1 aromatic carbocycles. The molecule has 1 nitrogen and oxygen atoms in total. The number of hydrogen-bond donors (Lipinski definition) is 0. The zero-order valence-corrected chi connectivity index (χ0v) is 7.41. The summed E-state index contributed by atoms with van der Waals surface area (Å²) in [6.45, 7) is 1.44. The number of ketones is 1. The predicted octanol–water partition coefficient (Wildman–Crippen LogP) is 3.83. The highest BCUT2D eigenvalue weighted by atomic mass is 35.5. The van der Waals surface area contributed by atoms with E-state index in [1.807, 2.05) is 0 Å².